The number of hydrogen-bond donors (Lipinski definition) is 0. The zero-order valence-corrected chi connectivity index (χ0v) is 8.55. The summed E-state index contributed by atoms with van der Waals surface area (Å²) in [5.41, 5.74) is 0.581. The SMILES string of the molecule is C=C1C=CC(=O)N1CCN1C(=O)C=CC1=O. The van der Waals surface area contributed by atoms with Crippen molar-refractivity contribution in [1.29, 1.82) is 0 Å². The Morgan fingerprint density at radius 1 is 0.812 bits per heavy atom. The van der Waals surface area contributed by atoms with Gasteiger partial charge in [-0.15, -0.1) is 0 Å². The third kappa shape index (κ3) is 1.67. The molecular weight excluding hydrogens is 208 g/mol. The minimum Gasteiger partial charge on any atom is -0.308 e. The Bertz CT molecular complexity index is 370. The Kier molecular flexibility index (Phi) is 2.44. The average molecular weight is 218 g/mol. The molecule has 0 unspecified atom stereocenters. The van der Waals surface area contributed by atoms with Crippen LogP contribution in [0.1, 0.15) is 0 Å². The molecule has 0 aromatic rings. The van der Waals surface area contributed by atoms with Crippen molar-refractivity contribution in [3.8, 4) is 0 Å². The van der Waals surface area contributed by atoms with Crippen LogP contribution in [0.15, 0.2) is 36.6 Å². The van der Waals surface area contributed by atoms with E-state index in [2.05, 4.69) is 6.58 Å². The first-order valence-electron chi connectivity index (χ1n) is 4.81. The van der Waals surface area contributed by atoms with Gasteiger partial charge < -0.3 is 4.90 Å². The van der Waals surface area contributed by atoms with Crippen LogP contribution in [0.2, 0.25) is 0 Å². The molecule has 0 bridgehead atoms. The summed E-state index contributed by atoms with van der Waals surface area (Å²) in [4.78, 5) is 36.3. The smallest absolute Gasteiger partial charge is 0.253 e. The lowest BCUT2D eigenvalue weighted by Gasteiger charge is -2.20. The molecule has 2 aliphatic heterocycles. The summed E-state index contributed by atoms with van der Waals surface area (Å²) in [5, 5.41) is 0. The Morgan fingerprint density at radius 2 is 1.25 bits per heavy atom. The van der Waals surface area contributed by atoms with Gasteiger partial charge in [-0.1, -0.05) is 6.58 Å². The molecule has 16 heavy (non-hydrogen) atoms. The normalized spacial score (nSPS) is 19.5. The van der Waals surface area contributed by atoms with Crippen molar-refractivity contribution in [2.24, 2.45) is 0 Å². The van der Waals surface area contributed by atoms with Crippen molar-refractivity contribution in [1.82, 2.24) is 9.80 Å². The van der Waals surface area contributed by atoms with Crippen molar-refractivity contribution < 1.29 is 14.4 Å². The summed E-state index contributed by atoms with van der Waals surface area (Å²) in [5.74, 6) is -0.845. The molecule has 0 saturated carbocycles. The summed E-state index contributed by atoms with van der Waals surface area (Å²) < 4.78 is 0. The maximum Gasteiger partial charge on any atom is 0.253 e. The van der Waals surface area contributed by atoms with Crippen LogP contribution in [0, 0.1) is 0 Å². The van der Waals surface area contributed by atoms with Crippen LogP contribution in [0.5, 0.6) is 0 Å². The summed E-state index contributed by atoms with van der Waals surface area (Å²) in [6.07, 6.45) is 5.46. The highest BCUT2D eigenvalue weighted by atomic mass is 16.2. The van der Waals surface area contributed by atoms with Gasteiger partial charge in [0.1, 0.15) is 0 Å². The fourth-order valence-electron chi connectivity index (χ4n) is 1.59. The van der Waals surface area contributed by atoms with E-state index in [1.807, 2.05) is 0 Å². The lowest BCUT2D eigenvalue weighted by atomic mass is 10.4. The highest BCUT2D eigenvalue weighted by molar-refractivity contribution is 6.12. The average Bonchev–Trinajstić information content (AvgIpc) is 2.72. The second kappa shape index (κ2) is 3.77. The summed E-state index contributed by atoms with van der Waals surface area (Å²) in [6.45, 7) is 4.16. The fraction of sp³-hybridized carbons (Fsp3) is 0.182. The van der Waals surface area contributed by atoms with Crippen LogP contribution in [-0.4, -0.2) is 40.6 Å². The second-order valence-electron chi connectivity index (χ2n) is 3.48. The maximum atomic E-state index is 11.3. The summed E-state index contributed by atoms with van der Waals surface area (Å²) in [6, 6.07) is 0. The summed E-state index contributed by atoms with van der Waals surface area (Å²) in [7, 11) is 0. The van der Waals surface area contributed by atoms with E-state index in [4.69, 9.17) is 0 Å². The Balaban J connectivity index is 1.93. The molecule has 0 spiro atoms. The van der Waals surface area contributed by atoms with Gasteiger partial charge in [-0.3, -0.25) is 19.3 Å². The molecule has 0 aromatic carbocycles. The Morgan fingerprint density at radius 3 is 1.75 bits per heavy atom. The molecule has 0 fully saturated rings. The number of allylic oxidation sites excluding steroid dienone is 1. The molecule has 0 aromatic heterocycles. The van der Waals surface area contributed by atoms with Gasteiger partial charge in [0.25, 0.3) is 17.7 Å². The van der Waals surface area contributed by atoms with Gasteiger partial charge in [-0.05, 0) is 6.08 Å². The predicted octanol–water partition coefficient (Wildman–Crippen LogP) is -0.177. The van der Waals surface area contributed by atoms with Gasteiger partial charge >= 0.3 is 0 Å². The number of hydrogen-bond acceptors (Lipinski definition) is 3. The molecule has 0 saturated heterocycles. The number of carbonyl (C=O) groups is 3. The van der Waals surface area contributed by atoms with Crippen LogP contribution >= 0.6 is 0 Å². The molecule has 82 valence electrons. The third-order valence-corrected chi connectivity index (χ3v) is 2.48. The zero-order chi connectivity index (χ0) is 11.7. The first-order valence-corrected chi connectivity index (χ1v) is 4.81. The largest absolute Gasteiger partial charge is 0.308 e. The number of imide groups is 1. The highest BCUT2D eigenvalue weighted by Gasteiger charge is 2.25. The van der Waals surface area contributed by atoms with Crippen molar-refractivity contribution in [3.63, 3.8) is 0 Å². The van der Waals surface area contributed by atoms with Gasteiger partial charge in [-0.2, -0.15) is 0 Å². The molecule has 2 aliphatic rings. The molecule has 0 atom stereocenters. The molecular formula is C11H10N2O3. The van der Waals surface area contributed by atoms with E-state index in [-0.39, 0.29) is 30.8 Å². The first kappa shape index (κ1) is 10.4. The molecule has 2 rings (SSSR count). The number of amides is 3. The second-order valence-corrected chi connectivity index (χ2v) is 3.48. The lowest BCUT2D eigenvalue weighted by molar-refractivity contribution is -0.137. The number of carbonyl (C=O) groups excluding carboxylic acids is 3. The van der Waals surface area contributed by atoms with Crippen molar-refractivity contribution in [3.05, 3.63) is 36.6 Å². The van der Waals surface area contributed by atoms with Crippen LogP contribution in [-0.2, 0) is 14.4 Å². The van der Waals surface area contributed by atoms with Crippen molar-refractivity contribution in [2.75, 3.05) is 13.1 Å². The first-order chi connectivity index (χ1) is 7.59. The Hall–Kier alpha value is -2.17. The molecule has 5 heteroatoms. The van der Waals surface area contributed by atoms with Gasteiger partial charge in [-0.25, -0.2) is 0 Å². The van der Waals surface area contributed by atoms with E-state index >= 15 is 0 Å². The minimum atomic E-state index is -0.338. The van der Waals surface area contributed by atoms with Crippen LogP contribution in [0.4, 0.5) is 0 Å². The Labute approximate surface area is 92.3 Å². The number of rotatable bonds is 3. The summed E-state index contributed by atoms with van der Waals surface area (Å²) >= 11 is 0. The van der Waals surface area contributed by atoms with Gasteiger partial charge in [0.15, 0.2) is 0 Å². The fourth-order valence-corrected chi connectivity index (χ4v) is 1.59. The molecule has 2 heterocycles. The minimum absolute atomic E-state index is 0.169. The van der Waals surface area contributed by atoms with E-state index in [1.54, 1.807) is 6.08 Å². The van der Waals surface area contributed by atoms with E-state index in [9.17, 15) is 14.4 Å². The van der Waals surface area contributed by atoms with Crippen LogP contribution in [0.3, 0.4) is 0 Å². The monoisotopic (exact) mass is 218 g/mol. The molecule has 5 nitrogen and oxygen atoms in total. The topological polar surface area (TPSA) is 57.7 Å². The van der Waals surface area contributed by atoms with Crippen molar-refractivity contribution >= 4 is 17.7 Å². The molecule has 0 aliphatic carbocycles. The maximum absolute atomic E-state index is 11.3. The van der Waals surface area contributed by atoms with E-state index < -0.39 is 0 Å². The molecule has 0 radical (unpaired) electrons. The van der Waals surface area contributed by atoms with E-state index in [0.717, 1.165) is 4.90 Å². The van der Waals surface area contributed by atoms with Gasteiger partial charge in [0, 0.05) is 37.0 Å². The van der Waals surface area contributed by atoms with E-state index in [1.165, 1.54) is 23.1 Å². The van der Waals surface area contributed by atoms with E-state index in [0.29, 0.717) is 5.70 Å². The lowest BCUT2D eigenvalue weighted by Crippen LogP contribution is -2.38. The van der Waals surface area contributed by atoms with Crippen LogP contribution in [0.25, 0.3) is 0 Å². The van der Waals surface area contributed by atoms with Crippen LogP contribution < -0.4 is 0 Å². The van der Waals surface area contributed by atoms with Gasteiger partial charge in [0.05, 0.1) is 0 Å². The van der Waals surface area contributed by atoms with Crippen molar-refractivity contribution in [2.45, 2.75) is 0 Å². The number of nitrogens with zero attached hydrogens (tertiary/aromatic N) is 2. The highest BCUT2D eigenvalue weighted by Crippen LogP contribution is 2.13. The molecule has 3 amide bonds. The standard InChI is InChI=1S/C11H10N2O3/c1-8-2-3-9(14)12(8)6-7-13-10(15)4-5-11(13)16/h2-5H,1,6-7H2. The molecule has 0 N–H and O–H groups in total. The zero-order valence-electron chi connectivity index (χ0n) is 8.55. The predicted molar refractivity (Wildman–Crippen MR) is 55.9 cm³/mol. The third-order valence-electron chi connectivity index (χ3n) is 2.48. The quantitative estimate of drug-likeness (QED) is 0.618. The van der Waals surface area contributed by atoms with Gasteiger partial charge in [0.2, 0.25) is 0 Å².